The van der Waals surface area contributed by atoms with Crippen LogP contribution in [0.25, 0.3) is 0 Å². The molecule has 9 N–H and O–H groups in total. The zero-order valence-electron chi connectivity index (χ0n) is 17.9. The number of H-pyrrole nitrogens is 1. The van der Waals surface area contributed by atoms with Gasteiger partial charge in [-0.15, -0.1) is 0 Å². The first-order valence-corrected chi connectivity index (χ1v) is 10.2. The highest BCUT2D eigenvalue weighted by Crippen LogP contribution is 2.07. The fourth-order valence-electron chi connectivity index (χ4n) is 2.83. The summed E-state index contributed by atoms with van der Waals surface area (Å²) in [4.78, 5) is 55.1. The number of carbonyl (C=O) groups excluding carboxylic acids is 3. The van der Waals surface area contributed by atoms with Crippen molar-refractivity contribution < 1.29 is 24.3 Å². The second-order valence-electron chi connectivity index (χ2n) is 7.57. The summed E-state index contributed by atoms with van der Waals surface area (Å²) >= 11 is 0. The molecule has 0 aliphatic rings. The van der Waals surface area contributed by atoms with Gasteiger partial charge in [0.05, 0.1) is 12.4 Å². The number of carbonyl (C=O) groups is 4. The molecule has 0 radical (unpaired) electrons. The van der Waals surface area contributed by atoms with E-state index >= 15 is 0 Å². The summed E-state index contributed by atoms with van der Waals surface area (Å²) in [6.07, 6.45) is 4.81. The van der Waals surface area contributed by atoms with Crippen LogP contribution in [0.1, 0.15) is 38.8 Å². The number of imidazole rings is 1. The molecule has 12 heteroatoms. The molecule has 0 aliphatic heterocycles. The van der Waals surface area contributed by atoms with Gasteiger partial charge in [0.25, 0.3) is 0 Å². The number of nitrogens with one attached hydrogen (secondary N) is 4. The Kier molecular flexibility index (Phi) is 11.2. The van der Waals surface area contributed by atoms with E-state index in [9.17, 15) is 19.2 Å². The van der Waals surface area contributed by atoms with E-state index in [1.54, 1.807) is 20.0 Å². The first-order valence-electron chi connectivity index (χ1n) is 10.2. The molecule has 0 aliphatic carbocycles. The number of aromatic amines is 1. The van der Waals surface area contributed by atoms with E-state index < -0.39 is 48.4 Å². The molecule has 1 heterocycles. The number of carboxylic acids is 1. The highest BCUT2D eigenvalue weighted by molar-refractivity contribution is 5.93. The number of nitrogens with two attached hydrogens (primary N) is 2. The molecule has 3 amide bonds. The average Bonchev–Trinajstić information content (AvgIpc) is 3.21. The Labute approximate surface area is 180 Å². The van der Waals surface area contributed by atoms with Gasteiger partial charge in [0.2, 0.25) is 17.7 Å². The molecule has 3 unspecified atom stereocenters. The Morgan fingerprint density at radius 3 is 2.39 bits per heavy atom. The maximum absolute atomic E-state index is 12.9. The average molecular weight is 440 g/mol. The molecule has 0 fully saturated rings. The van der Waals surface area contributed by atoms with Crippen molar-refractivity contribution in [2.45, 2.75) is 57.7 Å². The van der Waals surface area contributed by atoms with Gasteiger partial charge in [-0.2, -0.15) is 0 Å². The van der Waals surface area contributed by atoms with Crippen LogP contribution in [-0.4, -0.2) is 70.0 Å². The Morgan fingerprint density at radius 2 is 1.84 bits per heavy atom. The lowest BCUT2D eigenvalue weighted by molar-refractivity contribution is -0.139. The summed E-state index contributed by atoms with van der Waals surface area (Å²) in [6, 6.07) is -2.77. The Morgan fingerprint density at radius 1 is 1.13 bits per heavy atom. The Hall–Kier alpha value is -2.99. The normalized spacial score (nSPS) is 13.8. The van der Waals surface area contributed by atoms with Crippen molar-refractivity contribution in [3.8, 4) is 0 Å². The molecular weight excluding hydrogens is 406 g/mol. The second kappa shape index (κ2) is 13.3. The first-order chi connectivity index (χ1) is 14.6. The third-order valence-electron chi connectivity index (χ3n) is 4.57. The molecule has 31 heavy (non-hydrogen) atoms. The number of nitrogens with zero attached hydrogens (tertiary/aromatic N) is 1. The van der Waals surface area contributed by atoms with Crippen LogP contribution in [0.3, 0.4) is 0 Å². The minimum absolute atomic E-state index is 0.217. The maximum atomic E-state index is 12.9. The number of carboxylic acid groups (broad SMARTS) is 1. The maximum Gasteiger partial charge on any atom is 0.322 e. The molecule has 0 spiro atoms. The molecule has 12 nitrogen and oxygen atoms in total. The molecule has 0 aromatic carbocycles. The number of rotatable bonds is 14. The Balaban J connectivity index is 2.81. The van der Waals surface area contributed by atoms with E-state index in [-0.39, 0.29) is 12.3 Å². The van der Waals surface area contributed by atoms with Gasteiger partial charge in [-0.1, -0.05) is 13.8 Å². The van der Waals surface area contributed by atoms with Gasteiger partial charge in [-0.05, 0) is 31.7 Å². The third-order valence-corrected chi connectivity index (χ3v) is 4.57. The van der Waals surface area contributed by atoms with Gasteiger partial charge in [0.1, 0.15) is 18.6 Å². The minimum atomic E-state index is -1.19. The zero-order chi connectivity index (χ0) is 23.4. The van der Waals surface area contributed by atoms with Gasteiger partial charge in [0.15, 0.2) is 0 Å². The van der Waals surface area contributed by atoms with Crippen molar-refractivity contribution in [3.05, 3.63) is 18.2 Å². The van der Waals surface area contributed by atoms with E-state index in [0.717, 1.165) is 0 Å². The summed E-state index contributed by atoms with van der Waals surface area (Å²) in [7, 11) is 0. The van der Waals surface area contributed by atoms with Crippen LogP contribution in [0.2, 0.25) is 0 Å². The van der Waals surface area contributed by atoms with Crippen LogP contribution in [0.5, 0.6) is 0 Å². The Bertz CT molecular complexity index is 723. The fraction of sp³-hybridized carbons (Fsp3) is 0.632. The van der Waals surface area contributed by atoms with Crippen molar-refractivity contribution in [3.63, 3.8) is 0 Å². The molecular formula is C19H33N7O5. The number of hydrogen-bond donors (Lipinski definition) is 7. The second-order valence-corrected chi connectivity index (χ2v) is 7.57. The molecule has 174 valence electrons. The van der Waals surface area contributed by atoms with Gasteiger partial charge in [0, 0.05) is 18.3 Å². The van der Waals surface area contributed by atoms with Crippen LogP contribution in [0.15, 0.2) is 12.5 Å². The highest BCUT2D eigenvalue weighted by Gasteiger charge is 2.29. The minimum Gasteiger partial charge on any atom is -0.480 e. The predicted octanol–water partition coefficient (Wildman–Crippen LogP) is -1.77. The first kappa shape index (κ1) is 26.0. The standard InChI is InChI=1S/C19H33N7O5/c1-11(2)16(19(31)23-9-15(27)28)26-18(30)14(5-3-4-6-20)25-17(29)13(21)7-12-8-22-10-24-12/h8,10-11,13-14,16H,3-7,9,20-21H2,1-2H3,(H,22,24)(H,23,31)(H,25,29)(H,26,30)(H,27,28). The summed E-state index contributed by atoms with van der Waals surface area (Å²) in [6.45, 7) is 3.31. The quantitative estimate of drug-likeness (QED) is 0.165. The summed E-state index contributed by atoms with van der Waals surface area (Å²) in [5.41, 5.74) is 12.1. The lowest BCUT2D eigenvalue weighted by Gasteiger charge is -2.26. The third kappa shape index (κ3) is 9.57. The number of unbranched alkanes of at least 4 members (excludes halogenated alkanes) is 1. The summed E-state index contributed by atoms with van der Waals surface area (Å²) < 4.78 is 0. The number of aromatic nitrogens is 2. The summed E-state index contributed by atoms with van der Waals surface area (Å²) in [5.74, 6) is -3.18. The molecule has 1 aromatic heterocycles. The fourth-order valence-corrected chi connectivity index (χ4v) is 2.83. The van der Waals surface area contributed by atoms with Crippen molar-refractivity contribution in [1.82, 2.24) is 25.9 Å². The number of hydrogen-bond acceptors (Lipinski definition) is 7. The van der Waals surface area contributed by atoms with E-state index in [2.05, 4.69) is 25.9 Å². The highest BCUT2D eigenvalue weighted by atomic mass is 16.4. The summed E-state index contributed by atoms with van der Waals surface area (Å²) in [5, 5.41) is 16.3. The van der Waals surface area contributed by atoms with Crippen molar-refractivity contribution >= 4 is 23.7 Å². The van der Waals surface area contributed by atoms with Crippen LogP contribution in [0, 0.1) is 5.92 Å². The largest absolute Gasteiger partial charge is 0.480 e. The smallest absolute Gasteiger partial charge is 0.322 e. The van der Waals surface area contributed by atoms with Crippen LogP contribution >= 0.6 is 0 Å². The zero-order valence-corrected chi connectivity index (χ0v) is 17.9. The van der Waals surface area contributed by atoms with E-state index in [1.165, 1.54) is 6.33 Å². The van der Waals surface area contributed by atoms with Crippen molar-refractivity contribution in [2.75, 3.05) is 13.1 Å². The van der Waals surface area contributed by atoms with Crippen LogP contribution in [-0.2, 0) is 25.6 Å². The molecule has 0 saturated carbocycles. The van der Waals surface area contributed by atoms with E-state index in [4.69, 9.17) is 16.6 Å². The topological polar surface area (TPSA) is 205 Å². The van der Waals surface area contributed by atoms with Crippen LogP contribution in [0.4, 0.5) is 0 Å². The van der Waals surface area contributed by atoms with Crippen LogP contribution < -0.4 is 27.4 Å². The van der Waals surface area contributed by atoms with Gasteiger partial charge < -0.3 is 37.5 Å². The molecule has 0 saturated heterocycles. The lowest BCUT2D eigenvalue weighted by Crippen LogP contribution is -2.57. The molecule has 0 bridgehead atoms. The predicted molar refractivity (Wildman–Crippen MR) is 113 cm³/mol. The monoisotopic (exact) mass is 439 g/mol. The van der Waals surface area contributed by atoms with E-state index in [0.29, 0.717) is 31.5 Å². The number of aliphatic carboxylic acids is 1. The van der Waals surface area contributed by atoms with Gasteiger partial charge in [-0.3, -0.25) is 19.2 Å². The van der Waals surface area contributed by atoms with Gasteiger partial charge >= 0.3 is 5.97 Å². The van der Waals surface area contributed by atoms with Gasteiger partial charge in [-0.25, -0.2) is 4.98 Å². The van der Waals surface area contributed by atoms with Crippen molar-refractivity contribution in [2.24, 2.45) is 17.4 Å². The van der Waals surface area contributed by atoms with Crippen molar-refractivity contribution in [1.29, 1.82) is 0 Å². The number of amides is 3. The molecule has 1 aromatic rings. The van der Waals surface area contributed by atoms with E-state index in [1.807, 2.05) is 0 Å². The SMILES string of the molecule is CC(C)C(NC(=O)C(CCCCN)NC(=O)C(N)Cc1cnc[nH]1)C(=O)NCC(=O)O. The molecule has 1 rings (SSSR count). The lowest BCUT2D eigenvalue weighted by atomic mass is 10.0. The molecule has 3 atom stereocenters.